The zero-order chi connectivity index (χ0) is 17.6. The van der Waals surface area contributed by atoms with E-state index in [1.165, 1.54) is 18.6 Å². The molecule has 0 bridgehead atoms. The molecule has 0 saturated carbocycles. The van der Waals surface area contributed by atoms with Crippen molar-refractivity contribution in [1.29, 1.82) is 0 Å². The maximum Gasteiger partial charge on any atom is 0.410 e. The SMILES string of the molecule is CC(C)(C)OC(=O)N1CCCC[C@@H]1CNCC(=O)c1cnccn1. The summed E-state index contributed by atoms with van der Waals surface area (Å²) in [6.07, 6.45) is 7.17. The van der Waals surface area contributed by atoms with Crippen LogP contribution < -0.4 is 5.32 Å². The van der Waals surface area contributed by atoms with Gasteiger partial charge in [0.2, 0.25) is 0 Å². The van der Waals surface area contributed by atoms with Crippen LogP contribution in [0, 0.1) is 0 Å². The second-order valence-corrected chi connectivity index (χ2v) is 6.97. The Morgan fingerprint density at radius 3 is 2.79 bits per heavy atom. The van der Waals surface area contributed by atoms with E-state index in [2.05, 4.69) is 15.3 Å². The molecule has 132 valence electrons. The predicted molar refractivity (Wildman–Crippen MR) is 89.8 cm³/mol. The summed E-state index contributed by atoms with van der Waals surface area (Å²) in [5.41, 5.74) is -0.160. The van der Waals surface area contributed by atoms with Gasteiger partial charge in [-0.2, -0.15) is 0 Å². The van der Waals surface area contributed by atoms with Gasteiger partial charge in [-0.15, -0.1) is 0 Å². The van der Waals surface area contributed by atoms with Crippen molar-refractivity contribution in [2.75, 3.05) is 19.6 Å². The van der Waals surface area contributed by atoms with Crippen LogP contribution in [0.2, 0.25) is 0 Å². The zero-order valence-corrected chi connectivity index (χ0v) is 14.6. The van der Waals surface area contributed by atoms with Crippen molar-refractivity contribution in [3.63, 3.8) is 0 Å². The molecule has 1 N–H and O–H groups in total. The van der Waals surface area contributed by atoms with Crippen molar-refractivity contribution < 1.29 is 14.3 Å². The Morgan fingerprint density at radius 2 is 2.12 bits per heavy atom. The molecule has 1 amide bonds. The highest BCUT2D eigenvalue weighted by Crippen LogP contribution is 2.20. The van der Waals surface area contributed by atoms with Gasteiger partial charge in [-0.3, -0.25) is 9.78 Å². The highest BCUT2D eigenvalue weighted by molar-refractivity contribution is 5.95. The van der Waals surface area contributed by atoms with Gasteiger partial charge in [0.15, 0.2) is 5.78 Å². The molecule has 0 aliphatic carbocycles. The minimum atomic E-state index is -0.506. The van der Waals surface area contributed by atoms with Crippen LogP contribution in [0.15, 0.2) is 18.6 Å². The van der Waals surface area contributed by atoms with Crippen molar-refractivity contribution in [3.8, 4) is 0 Å². The summed E-state index contributed by atoms with van der Waals surface area (Å²) in [5, 5.41) is 3.13. The average Bonchev–Trinajstić information content (AvgIpc) is 2.54. The fourth-order valence-corrected chi connectivity index (χ4v) is 2.66. The van der Waals surface area contributed by atoms with Crippen molar-refractivity contribution in [3.05, 3.63) is 24.3 Å². The Morgan fingerprint density at radius 1 is 1.33 bits per heavy atom. The molecule has 2 heterocycles. The van der Waals surface area contributed by atoms with E-state index in [1.807, 2.05) is 20.8 Å². The van der Waals surface area contributed by atoms with E-state index in [0.717, 1.165) is 19.3 Å². The number of amides is 1. The number of aromatic nitrogens is 2. The number of ketones is 1. The van der Waals surface area contributed by atoms with E-state index in [-0.39, 0.29) is 24.5 Å². The minimum Gasteiger partial charge on any atom is -0.444 e. The molecule has 1 atom stereocenters. The Bertz CT molecular complexity index is 557. The number of likely N-dealkylation sites (tertiary alicyclic amines) is 1. The second-order valence-electron chi connectivity index (χ2n) is 6.97. The van der Waals surface area contributed by atoms with Crippen molar-refractivity contribution in [2.45, 2.75) is 51.7 Å². The van der Waals surface area contributed by atoms with Crippen LogP contribution in [0.4, 0.5) is 4.79 Å². The Labute approximate surface area is 142 Å². The number of carbonyl (C=O) groups excluding carboxylic acids is 2. The summed E-state index contributed by atoms with van der Waals surface area (Å²) in [7, 11) is 0. The average molecular weight is 334 g/mol. The normalized spacial score (nSPS) is 18.3. The molecule has 0 aromatic carbocycles. The molecular formula is C17H26N4O3. The first kappa shape index (κ1) is 18.3. The lowest BCUT2D eigenvalue weighted by Crippen LogP contribution is -2.50. The fourth-order valence-electron chi connectivity index (χ4n) is 2.66. The molecule has 0 unspecified atom stereocenters. The molecule has 7 nitrogen and oxygen atoms in total. The largest absolute Gasteiger partial charge is 0.444 e. The smallest absolute Gasteiger partial charge is 0.410 e. The van der Waals surface area contributed by atoms with Crippen molar-refractivity contribution >= 4 is 11.9 Å². The summed E-state index contributed by atoms with van der Waals surface area (Å²) >= 11 is 0. The van der Waals surface area contributed by atoms with Crippen LogP contribution >= 0.6 is 0 Å². The van der Waals surface area contributed by atoms with E-state index in [9.17, 15) is 9.59 Å². The van der Waals surface area contributed by atoms with Gasteiger partial charge >= 0.3 is 6.09 Å². The molecular weight excluding hydrogens is 308 g/mol. The highest BCUT2D eigenvalue weighted by atomic mass is 16.6. The molecule has 1 aromatic rings. The number of ether oxygens (including phenoxy) is 1. The number of hydrogen-bond donors (Lipinski definition) is 1. The number of rotatable bonds is 5. The second kappa shape index (κ2) is 8.19. The first-order chi connectivity index (χ1) is 11.4. The summed E-state index contributed by atoms with van der Waals surface area (Å²) < 4.78 is 5.48. The topological polar surface area (TPSA) is 84.4 Å². The Hall–Kier alpha value is -2.02. The van der Waals surface area contributed by atoms with Gasteiger partial charge in [0.1, 0.15) is 11.3 Å². The highest BCUT2D eigenvalue weighted by Gasteiger charge is 2.30. The molecule has 0 spiro atoms. The molecule has 1 saturated heterocycles. The minimum absolute atomic E-state index is 0.0447. The molecule has 2 rings (SSSR count). The summed E-state index contributed by atoms with van der Waals surface area (Å²) in [6, 6.07) is 0.0447. The maximum atomic E-state index is 12.3. The molecule has 1 aliphatic heterocycles. The van der Waals surface area contributed by atoms with Crippen molar-refractivity contribution in [1.82, 2.24) is 20.2 Å². The predicted octanol–water partition coefficient (Wildman–Crippen LogP) is 2.04. The van der Waals surface area contributed by atoms with Crippen LogP contribution in [0.5, 0.6) is 0 Å². The maximum absolute atomic E-state index is 12.3. The third-order valence-corrected chi connectivity index (χ3v) is 3.77. The summed E-state index contributed by atoms with van der Waals surface area (Å²) in [5.74, 6) is -0.109. The van der Waals surface area contributed by atoms with Gasteiger partial charge in [0, 0.05) is 31.5 Å². The number of carbonyl (C=O) groups is 2. The first-order valence-electron chi connectivity index (χ1n) is 8.36. The number of Topliss-reactive ketones (excluding diaryl/α,β-unsaturated/α-hetero) is 1. The monoisotopic (exact) mass is 334 g/mol. The van der Waals surface area contributed by atoms with Crippen LogP contribution in [-0.4, -0.2) is 58.0 Å². The molecule has 1 aliphatic rings. The van der Waals surface area contributed by atoms with Crippen LogP contribution in [0.25, 0.3) is 0 Å². The van der Waals surface area contributed by atoms with Crippen LogP contribution in [-0.2, 0) is 4.74 Å². The van der Waals surface area contributed by atoms with E-state index >= 15 is 0 Å². The lowest BCUT2D eigenvalue weighted by Gasteiger charge is -2.36. The fraction of sp³-hybridized carbons (Fsp3) is 0.647. The van der Waals surface area contributed by atoms with Gasteiger partial charge in [0.25, 0.3) is 0 Å². The third kappa shape index (κ3) is 5.56. The van der Waals surface area contributed by atoms with Gasteiger partial charge < -0.3 is 15.0 Å². The number of hydrogen-bond acceptors (Lipinski definition) is 6. The molecule has 0 radical (unpaired) electrons. The van der Waals surface area contributed by atoms with E-state index < -0.39 is 5.60 Å². The first-order valence-corrected chi connectivity index (χ1v) is 8.36. The number of nitrogens with one attached hydrogen (secondary N) is 1. The lowest BCUT2D eigenvalue weighted by molar-refractivity contribution is 0.0101. The van der Waals surface area contributed by atoms with Gasteiger partial charge in [-0.25, -0.2) is 9.78 Å². The standard InChI is InChI=1S/C17H26N4O3/c1-17(2,3)24-16(23)21-9-5-4-6-13(21)10-19-12-15(22)14-11-18-7-8-20-14/h7-8,11,13,19H,4-6,9-10,12H2,1-3H3/t13-/m1/s1. The Balaban J connectivity index is 1.85. The number of piperidine rings is 1. The number of nitrogens with zero attached hydrogens (tertiary/aromatic N) is 3. The quantitative estimate of drug-likeness (QED) is 0.830. The van der Waals surface area contributed by atoms with E-state index in [1.54, 1.807) is 4.90 Å². The molecule has 1 fully saturated rings. The summed E-state index contributed by atoms with van der Waals surface area (Å²) in [6.45, 7) is 7.02. The molecule has 1 aromatic heterocycles. The van der Waals surface area contributed by atoms with E-state index in [0.29, 0.717) is 18.8 Å². The third-order valence-electron chi connectivity index (χ3n) is 3.77. The summed E-state index contributed by atoms with van der Waals surface area (Å²) in [4.78, 5) is 34.0. The zero-order valence-electron chi connectivity index (χ0n) is 14.6. The van der Waals surface area contributed by atoms with Gasteiger partial charge in [0.05, 0.1) is 12.7 Å². The van der Waals surface area contributed by atoms with Gasteiger partial charge in [-0.1, -0.05) is 0 Å². The Kier molecular flexibility index (Phi) is 6.25. The molecule has 24 heavy (non-hydrogen) atoms. The van der Waals surface area contributed by atoms with Crippen molar-refractivity contribution in [2.24, 2.45) is 0 Å². The van der Waals surface area contributed by atoms with E-state index in [4.69, 9.17) is 4.74 Å². The van der Waals surface area contributed by atoms with Crippen LogP contribution in [0.1, 0.15) is 50.5 Å². The van der Waals surface area contributed by atoms with Crippen LogP contribution in [0.3, 0.4) is 0 Å². The molecule has 7 heteroatoms. The van der Waals surface area contributed by atoms with Gasteiger partial charge in [-0.05, 0) is 40.0 Å². The lowest BCUT2D eigenvalue weighted by atomic mass is 10.0.